The van der Waals surface area contributed by atoms with Crippen LogP contribution in [0.4, 0.5) is 0 Å². The van der Waals surface area contributed by atoms with Crippen LogP contribution in [-0.2, 0) is 4.79 Å². The molecule has 0 fully saturated rings. The average Bonchev–Trinajstić information content (AvgIpc) is 2.82. The number of carbonyl (C=O) groups is 1. The maximum Gasteiger partial charge on any atom is 0.244 e. The van der Waals surface area contributed by atoms with Crippen molar-refractivity contribution in [2.45, 2.75) is 19.9 Å². The topological polar surface area (TPSA) is 42.2 Å². The molecule has 20 heavy (non-hydrogen) atoms. The second kappa shape index (κ2) is 6.57. The van der Waals surface area contributed by atoms with Crippen molar-refractivity contribution in [3.63, 3.8) is 0 Å². The predicted octanol–water partition coefficient (Wildman–Crippen LogP) is 4.24. The SMILES string of the molecule is Cc1ccc(/C=C/C(=O)NC(C)c2ccccc2Br)o1. The Hall–Kier alpha value is -1.81. The Morgan fingerprint density at radius 1 is 1.30 bits per heavy atom. The Kier molecular flexibility index (Phi) is 4.79. The van der Waals surface area contributed by atoms with Crippen LogP contribution in [0.2, 0.25) is 0 Å². The first-order valence-electron chi connectivity index (χ1n) is 6.35. The number of rotatable bonds is 4. The fraction of sp³-hybridized carbons (Fsp3) is 0.188. The van der Waals surface area contributed by atoms with Crippen LogP contribution in [0, 0.1) is 6.92 Å². The summed E-state index contributed by atoms with van der Waals surface area (Å²) >= 11 is 3.48. The molecule has 0 saturated carbocycles. The van der Waals surface area contributed by atoms with Gasteiger partial charge in [0.15, 0.2) is 0 Å². The van der Waals surface area contributed by atoms with Crippen molar-refractivity contribution in [2.24, 2.45) is 0 Å². The third kappa shape index (κ3) is 3.84. The minimum atomic E-state index is -0.151. The van der Waals surface area contributed by atoms with E-state index in [4.69, 9.17) is 4.42 Å². The molecule has 2 aromatic rings. The Morgan fingerprint density at radius 3 is 2.70 bits per heavy atom. The minimum absolute atomic E-state index is 0.0685. The molecule has 0 saturated heterocycles. The molecule has 3 nitrogen and oxygen atoms in total. The molecule has 1 atom stereocenters. The summed E-state index contributed by atoms with van der Waals surface area (Å²) in [5, 5.41) is 2.92. The van der Waals surface area contributed by atoms with Crippen LogP contribution < -0.4 is 5.32 Å². The van der Waals surface area contributed by atoms with Crippen molar-refractivity contribution in [2.75, 3.05) is 0 Å². The van der Waals surface area contributed by atoms with Crippen LogP contribution in [-0.4, -0.2) is 5.91 Å². The van der Waals surface area contributed by atoms with E-state index in [0.717, 1.165) is 15.8 Å². The van der Waals surface area contributed by atoms with Gasteiger partial charge in [-0.3, -0.25) is 4.79 Å². The highest BCUT2D eigenvalue weighted by atomic mass is 79.9. The number of nitrogens with one attached hydrogen (secondary N) is 1. The minimum Gasteiger partial charge on any atom is -0.462 e. The van der Waals surface area contributed by atoms with E-state index in [0.29, 0.717) is 5.76 Å². The third-order valence-corrected chi connectivity index (χ3v) is 3.61. The molecule has 1 heterocycles. The molecule has 0 aliphatic carbocycles. The molecule has 0 radical (unpaired) electrons. The zero-order valence-corrected chi connectivity index (χ0v) is 13.0. The van der Waals surface area contributed by atoms with Gasteiger partial charge in [0.05, 0.1) is 6.04 Å². The lowest BCUT2D eigenvalue weighted by molar-refractivity contribution is -0.117. The average molecular weight is 334 g/mol. The zero-order valence-electron chi connectivity index (χ0n) is 11.4. The summed E-state index contributed by atoms with van der Waals surface area (Å²) in [6.07, 6.45) is 3.14. The molecule has 1 aromatic heterocycles. The van der Waals surface area contributed by atoms with Crippen LogP contribution in [0.25, 0.3) is 6.08 Å². The van der Waals surface area contributed by atoms with E-state index in [2.05, 4.69) is 21.2 Å². The summed E-state index contributed by atoms with van der Waals surface area (Å²) in [6.45, 7) is 3.81. The van der Waals surface area contributed by atoms with E-state index in [1.54, 1.807) is 6.08 Å². The Morgan fingerprint density at radius 2 is 2.05 bits per heavy atom. The summed E-state index contributed by atoms with van der Waals surface area (Å²) in [7, 11) is 0. The highest BCUT2D eigenvalue weighted by molar-refractivity contribution is 9.10. The molecule has 0 bridgehead atoms. The van der Waals surface area contributed by atoms with Gasteiger partial charge in [-0.15, -0.1) is 0 Å². The third-order valence-electron chi connectivity index (χ3n) is 2.89. The number of hydrogen-bond donors (Lipinski definition) is 1. The first-order valence-corrected chi connectivity index (χ1v) is 7.15. The number of halogens is 1. The smallest absolute Gasteiger partial charge is 0.244 e. The summed E-state index contributed by atoms with van der Waals surface area (Å²) in [4.78, 5) is 11.9. The number of aryl methyl sites for hydroxylation is 1. The summed E-state index contributed by atoms with van der Waals surface area (Å²) in [5.74, 6) is 1.35. The monoisotopic (exact) mass is 333 g/mol. The second-order valence-electron chi connectivity index (χ2n) is 4.53. The zero-order chi connectivity index (χ0) is 14.5. The van der Waals surface area contributed by atoms with Gasteiger partial charge in [0.1, 0.15) is 11.5 Å². The van der Waals surface area contributed by atoms with Gasteiger partial charge < -0.3 is 9.73 Å². The molecule has 0 aliphatic heterocycles. The quantitative estimate of drug-likeness (QED) is 0.850. The molecule has 104 valence electrons. The standard InChI is InChI=1S/C16H16BrNO2/c1-11-7-8-13(20-11)9-10-16(19)18-12(2)14-5-3-4-6-15(14)17/h3-10,12H,1-2H3,(H,18,19)/b10-9+. The van der Waals surface area contributed by atoms with Crippen molar-refractivity contribution in [1.29, 1.82) is 0 Å². The summed E-state index contributed by atoms with van der Waals surface area (Å²) in [6, 6.07) is 11.5. The predicted molar refractivity (Wildman–Crippen MR) is 83.2 cm³/mol. The van der Waals surface area contributed by atoms with Gasteiger partial charge in [-0.25, -0.2) is 0 Å². The number of benzene rings is 1. The van der Waals surface area contributed by atoms with Crippen molar-refractivity contribution < 1.29 is 9.21 Å². The molecular formula is C16H16BrNO2. The highest BCUT2D eigenvalue weighted by Gasteiger charge is 2.10. The van der Waals surface area contributed by atoms with E-state index < -0.39 is 0 Å². The van der Waals surface area contributed by atoms with Gasteiger partial charge in [0.25, 0.3) is 0 Å². The Bertz CT molecular complexity index is 631. The van der Waals surface area contributed by atoms with Crippen molar-refractivity contribution in [3.05, 3.63) is 64.0 Å². The van der Waals surface area contributed by atoms with Crippen LogP contribution in [0.1, 0.15) is 30.0 Å². The molecule has 1 unspecified atom stereocenters. The number of carbonyl (C=O) groups excluding carboxylic acids is 1. The van der Waals surface area contributed by atoms with Gasteiger partial charge in [-0.1, -0.05) is 34.1 Å². The fourth-order valence-electron chi connectivity index (χ4n) is 1.87. The van der Waals surface area contributed by atoms with Crippen molar-refractivity contribution in [3.8, 4) is 0 Å². The van der Waals surface area contributed by atoms with Gasteiger partial charge in [0, 0.05) is 10.5 Å². The van der Waals surface area contributed by atoms with Crippen LogP contribution in [0.5, 0.6) is 0 Å². The van der Waals surface area contributed by atoms with E-state index in [1.807, 2.05) is 50.2 Å². The van der Waals surface area contributed by atoms with Crippen molar-refractivity contribution >= 4 is 27.9 Å². The van der Waals surface area contributed by atoms with Crippen LogP contribution >= 0.6 is 15.9 Å². The molecule has 1 amide bonds. The molecule has 1 aromatic carbocycles. The Labute approximate surface area is 126 Å². The maximum atomic E-state index is 11.9. The normalized spacial score (nSPS) is 12.6. The number of amides is 1. The molecule has 1 N–H and O–H groups in total. The lowest BCUT2D eigenvalue weighted by atomic mass is 10.1. The van der Waals surface area contributed by atoms with E-state index in [9.17, 15) is 4.79 Å². The largest absolute Gasteiger partial charge is 0.462 e. The van der Waals surface area contributed by atoms with Gasteiger partial charge in [-0.05, 0) is 43.7 Å². The van der Waals surface area contributed by atoms with E-state index in [-0.39, 0.29) is 11.9 Å². The molecule has 0 spiro atoms. The van der Waals surface area contributed by atoms with Gasteiger partial charge in [0.2, 0.25) is 5.91 Å². The van der Waals surface area contributed by atoms with E-state index >= 15 is 0 Å². The molecule has 0 aliphatic rings. The van der Waals surface area contributed by atoms with Gasteiger partial charge >= 0.3 is 0 Å². The lowest BCUT2D eigenvalue weighted by Crippen LogP contribution is -2.24. The first kappa shape index (κ1) is 14.6. The fourth-order valence-corrected chi connectivity index (χ4v) is 2.49. The highest BCUT2D eigenvalue weighted by Crippen LogP contribution is 2.22. The Balaban J connectivity index is 1.98. The summed E-state index contributed by atoms with van der Waals surface area (Å²) < 4.78 is 6.35. The van der Waals surface area contributed by atoms with E-state index in [1.165, 1.54) is 6.08 Å². The van der Waals surface area contributed by atoms with Crippen LogP contribution in [0.3, 0.4) is 0 Å². The molecule has 4 heteroatoms. The maximum absolute atomic E-state index is 11.9. The van der Waals surface area contributed by atoms with Crippen molar-refractivity contribution in [1.82, 2.24) is 5.32 Å². The first-order chi connectivity index (χ1) is 9.56. The number of hydrogen-bond acceptors (Lipinski definition) is 2. The summed E-state index contributed by atoms with van der Waals surface area (Å²) in [5.41, 5.74) is 1.04. The number of furan rings is 1. The second-order valence-corrected chi connectivity index (χ2v) is 5.39. The molecular weight excluding hydrogens is 318 g/mol. The van der Waals surface area contributed by atoms with Gasteiger partial charge in [-0.2, -0.15) is 0 Å². The molecule has 2 rings (SSSR count). The lowest BCUT2D eigenvalue weighted by Gasteiger charge is -2.14. The van der Waals surface area contributed by atoms with Crippen LogP contribution in [0.15, 0.2) is 51.4 Å².